The molecule has 1 saturated carbocycles. The molecule has 1 aliphatic heterocycles. The SMILES string of the molecule is CC(N)C1CCN(CCC2CCCCC2)CC1. The second kappa shape index (κ2) is 6.75. The van der Waals surface area contributed by atoms with Gasteiger partial charge in [0.2, 0.25) is 0 Å². The Morgan fingerprint density at radius 3 is 2.29 bits per heavy atom. The molecule has 0 spiro atoms. The van der Waals surface area contributed by atoms with Gasteiger partial charge >= 0.3 is 0 Å². The number of nitrogens with zero attached hydrogens (tertiary/aromatic N) is 1. The predicted molar refractivity (Wildman–Crippen MR) is 74.0 cm³/mol. The number of hydrogen-bond acceptors (Lipinski definition) is 2. The molecule has 1 saturated heterocycles. The van der Waals surface area contributed by atoms with Crippen molar-refractivity contribution >= 4 is 0 Å². The smallest absolute Gasteiger partial charge is 0.00397 e. The summed E-state index contributed by atoms with van der Waals surface area (Å²) < 4.78 is 0. The van der Waals surface area contributed by atoms with Crippen LogP contribution in [0.3, 0.4) is 0 Å². The van der Waals surface area contributed by atoms with Gasteiger partial charge in [0, 0.05) is 6.04 Å². The van der Waals surface area contributed by atoms with E-state index in [2.05, 4.69) is 11.8 Å². The van der Waals surface area contributed by atoms with Gasteiger partial charge in [-0.15, -0.1) is 0 Å². The molecule has 100 valence electrons. The molecule has 2 rings (SSSR count). The van der Waals surface area contributed by atoms with Gasteiger partial charge in [0.05, 0.1) is 0 Å². The molecule has 1 unspecified atom stereocenters. The summed E-state index contributed by atoms with van der Waals surface area (Å²) in [5, 5.41) is 0. The fourth-order valence-electron chi connectivity index (χ4n) is 3.54. The molecule has 0 aromatic heterocycles. The molecule has 2 nitrogen and oxygen atoms in total. The molecule has 1 atom stereocenters. The van der Waals surface area contributed by atoms with Crippen LogP contribution in [-0.2, 0) is 0 Å². The largest absolute Gasteiger partial charge is 0.328 e. The molecule has 0 amide bonds. The zero-order valence-electron chi connectivity index (χ0n) is 11.5. The van der Waals surface area contributed by atoms with E-state index in [1.807, 2.05) is 0 Å². The maximum Gasteiger partial charge on any atom is 0.00397 e. The lowest BCUT2D eigenvalue weighted by Crippen LogP contribution is -2.40. The van der Waals surface area contributed by atoms with E-state index in [4.69, 9.17) is 5.73 Å². The van der Waals surface area contributed by atoms with Crippen LogP contribution in [0.15, 0.2) is 0 Å². The number of piperidine rings is 1. The van der Waals surface area contributed by atoms with Gasteiger partial charge in [-0.25, -0.2) is 0 Å². The summed E-state index contributed by atoms with van der Waals surface area (Å²) in [7, 11) is 0. The first-order valence-corrected chi connectivity index (χ1v) is 7.73. The first kappa shape index (κ1) is 13.4. The minimum Gasteiger partial charge on any atom is -0.328 e. The van der Waals surface area contributed by atoms with Crippen LogP contribution in [-0.4, -0.2) is 30.6 Å². The van der Waals surface area contributed by atoms with E-state index in [-0.39, 0.29) is 0 Å². The highest BCUT2D eigenvalue weighted by Gasteiger charge is 2.22. The Morgan fingerprint density at radius 2 is 1.71 bits per heavy atom. The lowest BCUT2D eigenvalue weighted by molar-refractivity contribution is 0.157. The Morgan fingerprint density at radius 1 is 1.06 bits per heavy atom. The van der Waals surface area contributed by atoms with Gasteiger partial charge in [-0.2, -0.15) is 0 Å². The topological polar surface area (TPSA) is 29.3 Å². The Balaban J connectivity index is 1.61. The van der Waals surface area contributed by atoms with Crippen molar-refractivity contribution < 1.29 is 0 Å². The molecule has 2 N–H and O–H groups in total. The van der Waals surface area contributed by atoms with Crippen LogP contribution in [0.5, 0.6) is 0 Å². The van der Waals surface area contributed by atoms with Crippen LogP contribution in [0, 0.1) is 11.8 Å². The van der Waals surface area contributed by atoms with E-state index >= 15 is 0 Å². The molecule has 0 radical (unpaired) electrons. The predicted octanol–water partition coefficient (Wildman–Crippen LogP) is 3.02. The number of likely N-dealkylation sites (tertiary alicyclic amines) is 1. The summed E-state index contributed by atoms with van der Waals surface area (Å²) in [6.45, 7) is 6.09. The van der Waals surface area contributed by atoms with Crippen molar-refractivity contribution in [2.24, 2.45) is 17.6 Å². The molecule has 0 aromatic rings. The van der Waals surface area contributed by atoms with Crippen molar-refractivity contribution in [3.63, 3.8) is 0 Å². The average molecular weight is 238 g/mol. The summed E-state index contributed by atoms with van der Waals surface area (Å²) in [5.74, 6) is 1.82. The van der Waals surface area contributed by atoms with Crippen molar-refractivity contribution in [2.75, 3.05) is 19.6 Å². The third-order valence-electron chi connectivity index (χ3n) is 4.95. The zero-order valence-corrected chi connectivity index (χ0v) is 11.5. The van der Waals surface area contributed by atoms with Gasteiger partial charge in [0.1, 0.15) is 0 Å². The van der Waals surface area contributed by atoms with Gasteiger partial charge in [-0.05, 0) is 57.7 Å². The van der Waals surface area contributed by atoms with Gasteiger partial charge < -0.3 is 10.6 Å². The normalized spacial score (nSPS) is 27.2. The molecular weight excluding hydrogens is 208 g/mol. The van der Waals surface area contributed by atoms with Crippen molar-refractivity contribution in [3.8, 4) is 0 Å². The molecule has 1 aliphatic carbocycles. The van der Waals surface area contributed by atoms with Gasteiger partial charge in [-0.3, -0.25) is 0 Å². The number of rotatable bonds is 4. The Bertz CT molecular complexity index is 201. The molecule has 0 bridgehead atoms. The van der Waals surface area contributed by atoms with Crippen molar-refractivity contribution in [3.05, 3.63) is 0 Å². The van der Waals surface area contributed by atoms with Crippen molar-refractivity contribution in [2.45, 2.75) is 64.3 Å². The van der Waals surface area contributed by atoms with Crippen molar-refractivity contribution in [1.82, 2.24) is 4.90 Å². The van der Waals surface area contributed by atoms with Crippen LogP contribution in [0.2, 0.25) is 0 Å². The second-order valence-electron chi connectivity index (χ2n) is 6.33. The highest BCUT2D eigenvalue weighted by Crippen LogP contribution is 2.27. The quantitative estimate of drug-likeness (QED) is 0.816. The fraction of sp³-hybridized carbons (Fsp3) is 1.00. The Kier molecular flexibility index (Phi) is 5.30. The van der Waals surface area contributed by atoms with E-state index in [1.54, 1.807) is 0 Å². The van der Waals surface area contributed by atoms with E-state index in [1.165, 1.54) is 71.0 Å². The molecule has 17 heavy (non-hydrogen) atoms. The van der Waals surface area contributed by atoms with Crippen LogP contribution in [0.25, 0.3) is 0 Å². The van der Waals surface area contributed by atoms with Crippen molar-refractivity contribution in [1.29, 1.82) is 0 Å². The average Bonchev–Trinajstić information content (AvgIpc) is 2.38. The lowest BCUT2D eigenvalue weighted by Gasteiger charge is -2.34. The van der Waals surface area contributed by atoms with E-state index in [9.17, 15) is 0 Å². The molecule has 2 fully saturated rings. The maximum atomic E-state index is 5.98. The lowest BCUT2D eigenvalue weighted by atomic mass is 9.86. The van der Waals surface area contributed by atoms with Gasteiger partial charge in [0.15, 0.2) is 0 Å². The highest BCUT2D eigenvalue weighted by atomic mass is 15.1. The molecule has 2 heteroatoms. The second-order valence-corrected chi connectivity index (χ2v) is 6.33. The standard InChI is InChI=1S/C15H30N2/c1-13(16)15-8-11-17(12-9-15)10-7-14-5-3-2-4-6-14/h13-15H,2-12,16H2,1H3. The van der Waals surface area contributed by atoms with E-state index in [0.29, 0.717) is 6.04 Å². The summed E-state index contributed by atoms with van der Waals surface area (Å²) >= 11 is 0. The highest BCUT2D eigenvalue weighted by molar-refractivity contribution is 4.78. The summed E-state index contributed by atoms with van der Waals surface area (Å²) in [4.78, 5) is 2.67. The minimum atomic E-state index is 0.399. The van der Waals surface area contributed by atoms with Crippen LogP contribution >= 0.6 is 0 Å². The number of hydrogen-bond donors (Lipinski definition) is 1. The molecule has 1 heterocycles. The molecular formula is C15H30N2. The van der Waals surface area contributed by atoms with Crippen LogP contribution < -0.4 is 5.73 Å². The summed E-state index contributed by atoms with van der Waals surface area (Å²) in [6, 6.07) is 0.399. The van der Waals surface area contributed by atoms with Crippen LogP contribution in [0.4, 0.5) is 0 Å². The van der Waals surface area contributed by atoms with Crippen LogP contribution in [0.1, 0.15) is 58.3 Å². The minimum absolute atomic E-state index is 0.399. The monoisotopic (exact) mass is 238 g/mol. The first-order chi connectivity index (χ1) is 8.25. The Labute approximate surface area is 107 Å². The maximum absolute atomic E-state index is 5.98. The number of nitrogens with two attached hydrogens (primary N) is 1. The molecule has 0 aromatic carbocycles. The zero-order chi connectivity index (χ0) is 12.1. The third-order valence-corrected chi connectivity index (χ3v) is 4.95. The van der Waals surface area contributed by atoms with E-state index in [0.717, 1.165) is 11.8 Å². The third kappa shape index (κ3) is 4.26. The molecule has 2 aliphatic rings. The fourth-order valence-corrected chi connectivity index (χ4v) is 3.54. The summed E-state index contributed by atoms with van der Waals surface area (Å²) in [5.41, 5.74) is 5.98. The Hall–Kier alpha value is -0.0800. The first-order valence-electron chi connectivity index (χ1n) is 7.73. The van der Waals surface area contributed by atoms with E-state index < -0.39 is 0 Å². The van der Waals surface area contributed by atoms with Gasteiger partial charge in [0.25, 0.3) is 0 Å². The van der Waals surface area contributed by atoms with Gasteiger partial charge in [-0.1, -0.05) is 32.1 Å². The summed E-state index contributed by atoms with van der Waals surface area (Å²) in [6.07, 6.45) is 11.5.